The molecule has 9 nitrogen and oxygen atoms in total. The van der Waals surface area contributed by atoms with Crippen LogP contribution in [0.5, 0.6) is 11.5 Å². The summed E-state index contributed by atoms with van der Waals surface area (Å²) < 4.78 is 15.6. The Labute approximate surface area is 166 Å². The molecule has 9 heteroatoms. The van der Waals surface area contributed by atoms with E-state index in [1.807, 2.05) is 20.8 Å². The van der Waals surface area contributed by atoms with E-state index in [0.717, 1.165) is 0 Å². The van der Waals surface area contributed by atoms with Gasteiger partial charge in [0, 0.05) is 5.41 Å². The number of nitro benzene ring substituents is 1. The zero-order valence-corrected chi connectivity index (χ0v) is 16.3. The highest BCUT2D eigenvalue weighted by atomic mass is 16.6. The van der Waals surface area contributed by atoms with E-state index in [1.54, 1.807) is 18.2 Å². The molecule has 0 bridgehead atoms. The number of esters is 1. The number of nitrogens with zero attached hydrogens (tertiary/aromatic N) is 3. The zero-order valence-electron chi connectivity index (χ0n) is 16.3. The average molecular weight is 397 g/mol. The highest BCUT2D eigenvalue weighted by molar-refractivity contribution is 5.97. The molecule has 0 fully saturated rings. The van der Waals surface area contributed by atoms with Crippen molar-refractivity contribution in [1.82, 2.24) is 10.1 Å². The third-order valence-corrected chi connectivity index (χ3v) is 4.04. The van der Waals surface area contributed by atoms with Gasteiger partial charge in [-0.25, -0.2) is 4.79 Å². The van der Waals surface area contributed by atoms with Crippen LogP contribution in [0.15, 0.2) is 47.0 Å². The number of benzene rings is 2. The van der Waals surface area contributed by atoms with Crippen molar-refractivity contribution in [3.05, 3.63) is 64.0 Å². The predicted octanol–water partition coefficient (Wildman–Crippen LogP) is 4.17. The summed E-state index contributed by atoms with van der Waals surface area (Å²) in [5, 5.41) is 15.3. The van der Waals surface area contributed by atoms with E-state index in [9.17, 15) is 14.9 Å². The standard InChI is InChI=1S/C20H19N3O6/c1-20(2,3)19-21-17(29-22-19)13-7-5-6-8-14(13)18(24)28-16-10-9-12(27-4)11-15(16)23(25)26/h5-11H,1-4H3. The van der Waals surface area contributed by atoms with Gasteiger partial charge in [0.2, 0.25) is 5.75 Å². The Morgan fingerprint density at radius 2 is 1.90 bits per heavy atom. The first kappa shape index (κ1) is 20.0. The van der Waals surface area contributed by atoms with Gasteiger partial charge < -0.3 is 14.0 Å². The van der Waals surface area contributed by atoms with Gasteiger partial charge in [0.1, 0.15) is 5.75 Å². The Morgan fingerprint density at radius 1 is 1.17 bits per heavy atom. The molecule has 3 aromatic rings. The first-order valence-corrected chi connectivity index (χ1v) is 8.69. The maximum atomic E-state index is 12.8. The van der Waals surface area contributed by atoms with Crippen molar-refractivity contribution in [2.24, 2.45) is 0 Å². The van der Waals surface area contributed by atoms with E-state index in [-0.39, 0.29) is 34.1 Å². The minimum Gasteiger partial charge on any atom is -0.496 e. The summed E-state index contributed by atoms with van der Waals surface area (Å²) in [5.41, 5.74) is -0.206. The first-order chi connectivity index (χ1) is 13.7. The maximum Gasteiger partial charge on any atom is 0.344 e. The molecule has 3 rings (SSSR count). The molecule has 0 aliphatic carbocycles. The lowest BCUT2D eigenvalue weighted by molar-refractivity contribution is -0.385. The van der Waals surface area contributed by atoms with Crippen molar-refractivity contribution in [2.45, 2.75) is 26.2 Å². The van der Waals surface area contributed by atoms with E-state index < -0.39 is 10.9 Å². The molecular formula is C20H19N3O6. The van der Waals surface area contributed by atoms with Crippen LogP contribution in [-0.4, -0.2) is 28.1 Å². The van der Waals surface area contributed by atoms with E-state index in [1.165, 1.54) is 31.4 Å². The van der Waals surface area contributed by atoms with Gasteiger partial charge in [-0.05, 0) is 24.3 Å². The zero-order chi connectivity index (χ0) is 21.2. The summed E-state index contributed by atoms with van der Waals surface area (Å²) in [7, 11) is 1.39. The number of ether oxygens (including phenoxy) is 2. The minimum absolute atomic E-state index is 0.140. The molecule has 0 N–H and O–H groups in total. The largest absolute Gasteiger partial charge is 0.496 e. The van der Waals surface area contributed by atoms with Crippen LogP contribution in [-0.2, 0) is 5.41 Å². The number of hydrogen-bond donors (Lipinski definition) is 0. The van der Waals surface area contributed by atoms with Crippen LogP contribution in [0, 0.1) is 10.1 Å². The smallest absolute Gasteiger partial charge is 0.344 e. The molecule has 150 valence electrons. The molecule has 0 unspecified atom stereocenters. The summed E-state index contributed by atoms with van der Waals surface area (Å²) >= 11 is 0. The van der Waals surface area contributed by atoms with Crippen LogP contribution in [0.1, 0.15) is 37.0 Å². The molecular weight excluding hydrogens is 378 g/mol. The second kappa shape index (κ2) is 7.70. The fraction of sp³-hybridized carbons (Fsp3) is 0.250. The van der Waals surface area contributed by atoms with Crippen molar-refractivity contribution < 1.29 is 23.7 Å². The van der Waals surface area contributed by atoms with Gasteiger partial charge in [-0.1, -0.05) is 38.1 Å². The number of nitro groups is 1. The Hall–Kier alpha value is -3.75. The second-order valence-electron chi connectivity index (χ2n) is 7.20. The van der Waals surface area contributed by atoms with Crippen LogP contribution < -0.4 is 9.47 Å². The van der Waals surface area contributed by atoms with Gasteiger partial charge >= 0.3 is 11.7 Å². The number of hydrogen-bond acceptors (Lipinski definition) is 8. The molecule has 2 aromatic carbocycles. The molecule has 1 heterocycles. The Kier molecular flexibility index (Phi) is 5.31. The lowest BCUT2D eigenvalue weighted by Gasteiger charge is -2.11. The van der Waals surface area contributed by atoms with Gasteiger partial charge in [0.05, 0.1) is 29.2 Å². The minimum atomic E-state index is -0.788. The lowest BCUT2D eigenvalue weighted by atomic mass is 9.96. The van der Waals surface area contributed by atoms with E-state index in [2.05, 4.69) is 10.1 Å². The summed E-state index contributed by atoms with van der Waals surface area (Å²) in [6.07, 6.45) is 0. The molecule has 0 aliphatic rings. The Bertz CT molecular complexity index is 1070. The van der Waals surface area contributed by atoms with Crippen LogP contribution >= 0.6 is 0 Å². The van der Waals surface area contributed by atoms with Gasteiger partial charge in [-0.2, -0.15) is 4.98 Å². The second-order valence-corrected chi connectivity index (χ2v) is 7.20. The predicted molar refractivity (Wildman–Crippen MR) is 103 cm³/mol. The Balaban J connectivity index is 1.96. The fourth-order valence-corrected chi connectivity index (χ4v) is 2.49. The number of carbonyl (C=O) groups excluding carboxylic acids is 1. The van der Waals surface area contributed by atoms with Crippen molar-refractivity contribution >= 4 is 11.7 Å². The van der Waals surface area contributed by atoms with E-state index >= 15 is 0 Å². The maximum absolute atomic E-state index is 12.8. The normalized spacial score (nSPS) is 11.2. The summed E-state index contributed by atoms with van der Waals surface area (Å²) in [4.78, 5) is 27.8. The fourth-order valence-electron chi connectivity index (χ4n) is 2.49. The molecule has 0 atom stereocenters. The van der Waals surface area contributed by atoms with Crippen LogP contribution in [0.25, 0.3) is 11.5 Å². The monoisotopic (exact) mass is 397 g/mol. The third kappa shape index (κ3) is 4.23. The van der Waals surface area contributed by atoms with Crippen molar-refractivity contribution in [3.8, 4) is 23.0 Å². The molecule has 0 spiro atoms. The summed E-state index contributed by atoms with van der Waals surface area (Å²) in [6.45, 7) is 5.81. The highest BCUT2D eigenvalue weighted by Gasteiger charge is 2.26. The lowest BCUT2D eigenvalue weighted by Crippen LogP contribution is -2.13. The number of methoxy groups -OCH3 is 1. The third-order valence-electron chi connectivity index (χ3n) is 4.04. The molecule has 0 aliphatic heterocycles. The Morgan fingerprint density at radius 3 is 2.52 bits per heavy atom. The van der Waals surface area contributed by atoms with E-state index in [4.69, 9.17) is 14.0 Å². The first-order valence-electron chi connectivity index (χ1n) is 8.69. The SMILES string of the molecule is COc1ccc(OC(=O)c2ccccc2-c2nc(C(C)(C)C)no2)c([N+](=O)[O-])c1. The van der Waals surface area contributed by atoms with Gasteiger partial charge in [-0.15, -0.1) is 0 Å². The molecule has 0 radical (unpaired) electrons. The van der Waals surface area contributed by atoms with Gasteiger partial charge in [-0.3, -0.25) is 10.1 Å². The van der Waals surface area contributed by atoms with Crippen molar-refractivity contribution in [1.29, 1.82) is 0 Å². The molecule has 0 saturated carbocycles. The molecule has 29 heavy (non-hydrogen) atoms. The molecule has 1 aromatic heterocycles. The number of carbonyl (C=O) groups is 1. The van der Waals surface area contributed by atoms with Crippen LogP contribution in [0.2, 0.25) is 0 Å². The molecule has 0 amide bonds. The highest BCUT2D eigenvalue weighted by Crippen LogP contribution is 2.33. The average Bonchev–Trinajstić information content (AvgIpc) is 3.18. The number of aromatic nitrogens is 2. The summed E-state index contributed by atoms with van der Waals surface area (Å²) in [5.74, 6) is -0.0634. The topological polar surface area (TPSA) is 118 Å². The van der Waals surface area contributed by atoms with Crippen molar-refractivity contribution in [2.75, 3.05) is 7.11 Å². The molecule has 0 saturated heterocycles. The van der Waals surface area contributed by atoms with Crippen LogP contribution in [0.3, 0.4) is 0 Å². The quantitative estimate of drug-likeness (QED) is 0.272. The van der Waals surface area contributed by atoms with Crippen molar-refractivity contribution in [3.63, 3.8) is 0 Å². The van der Waals surface area contributed by atoms with Gasteiger partial charge in [0.15, 0.2) is 5.82 Å². The summed E-state index contributed by atoms with van der Waals surface area (Å²) in [6, 6.07) is 10.5. The van der Waals surface area contributed by atoms with Crippen LogP contribution in [0.4, 0.5) is 5.69 Å². The van der Waals surface area contributed by atoms with Gasteiger partial charge in [0.25, 0.3) is 5.89 Å². The van der Waals surface area contributed by atoms with E-state index in [0.29, 0.717) is 11.4 Å². The number of rotatable bonds is 5.